The molecular weight excluding hydrogens is 204 g/mol. The molecule has 1 aliphatic rings. The second-order valence-electron chi connectivity index (χ2n) is 6.22. The Morgan fingerprint density at radius 3 is 2.33 bits per heavy atom. The number of epoxide rings is 1. The van der Waals surface area contributed by atoms with Crippen molar-refractivity contribution in [2.45, 2.75) is 70.9 Å². The lowest BCUT2D eigenvalue weighted by atomic mass is 10.2. The Kier molecular flexibility index (Phi) is 4.01. The van der Waals surface area contributed by atoms with Gasteiger partial charge in [0.25, 0.3) is 0 Å². The van der Waals surface area contributed by atoms with Crippen molar-refractivity contribution in [1.29, 1.82) is 0 Å². The van der Waals surface area contributed by atoms with Crippen molar-refractivity contribution in [2.75, 3.05) is 6.61 Å². The van der Waals surface area contributed by atoms with Gasteiger partial charge in [0, 0.05) is 6.10 Å². The lowest BCUT2D eigenvalue weighted by Gasteiger charge is -2.38. The normalized spacial score (nSPS) is 24.0. The van der Waals surface area contributed by atoms with E-state index in [0.717, 1.165) is 19.4 Å². The third kappa shape index (κ3) is 4.25. The van der Waals surface area contributed by atoms with E-state index in [0.29, 0.717) is 17.2 Å². The summed E-state index contributed by atoms with van der Waals surface area (Å²) in [4.78, 5) is 0. The Morgan fingerprint density at radius 2 is 1.93 bits per heavy atom. The van der Waals surface area contributed by atoms with Crippen LogP contribution in [0.5, 0.6) is 0 Å². The summed E-state index contributed by atoms with van der Waals surface area (Å²) in [6.45, 7) is 14.7. The van der Waals surface area contributed by atoms with Crippen molar-refractivity contribution < 1.29 is 9.16 Å². The molecule has 0 aromatic carbocycles. The van der Waals surface area contributed by atoms with Crippen LogP contribution in [0.15, 0.2) is 0 Å². The van der Waals surface area contributed by atoms with E-state index >= 15 is 0 Å². The van der Waals surface area contributed by atoms with Gasteiger partial charge in [0.2, 0.25) is 0 Å². The van der Waals surface area contributed by atoms with Crippen LogP contribution in [0.3, 0.4) is 0 Å². The quantitative estimate of drug-likeness (QED) is 0.532. The van der Waals surface area contributed by atoms with E-state index in [-0.39, 0.29) is 0 Å². The molecule has 1 rings (SSSR count). The molecule has 0 radical (unpaired) electrons. The molecule has 0 N–H and O–H groups in total. The lowest BCUT2D eigenvalue weighted by Crippen LogP contribution is -2.43. The first kappa shape index (κ1) is 13.2. The molecule has 2 nitrogen and oxygen atoms in total. The van der Waals surface area contributed by atoms with Crippen molar-refractivity contribution in [3.05, 3.63) is 0 Å². The van der Waals surface area contributed by atoms with Gasteiger partial charge in [0.15, 0.2) is 8.32 Å². The number of hydrogen-bond acceptors (Lipinski definition) is 2. The highest BCUT2D eigenvalue weighted by molar-refractivity contribution is 6.74. The molecule has 0 saturated carbocycles. The van der Waals surface area contributed by atoms with E-state index in [1.54, 1.807) is 0 Å². The zero-order valence-electron chi connectivity index (χ0n) is 11.1. The van der Waals surface area contributed by atoms with E-state index in [1.165, 1.54) is 0 Å². The van der Waals surface area contributed by atoms with Crippen LogP contribution in [-0.2, 0) is 9.16 Å². The fourth-order valence-corrected chi connectivity index (χ4v) is 2.87. The average Bonchev–Trinajstić information content (AvgIpc) is 2.80. The molecule has 0 aliphatic carbocycles. The maximum absolute atomic E-state index is 6.26. The van der Waals surface area contributed by atoms with Crippen molar-refractivity contribution in [2.24, 2.45) is 0 Å². The summed E-state index contributed by atoms with van der Waals surface area (Å²) in [5.74, 6) is 0. The van der Waals surface area contributed by atoms with Crippen LogP contribution < -0.4 is 0 Å². The Hall–Kier alpha value is 0.137. The van der Waals surface area contributed by atoms with E-state index in [4.69, 9.17) is 9.16 Å². The summed E-state index contributed by atoms with van der Waals surface area (Å²) in [5, 5.41) is 0.317. The molecule has 1 aliphatic heterocycles. The highest BCUT2D eigenvalue weighted by Gasteiger charge is 2.38. The SMILES string of the molecule is C[C@@H](CC[C@H]1CO1)O[Si](C)(C)C(C)(C)C. The minimum Gasteiger partial charge on any atom is -0.414 e. The molecule has 0 aromatic rings. The highest BCUT2D eigenvalue weighted by Crippen LogP contribution is 2.37. The molecule has 0 spiro atoms. The predicted octanol–water partition coefficient (Wildman–Crippen LogP) is 3.58. The molecule has 3 heteroatoms. The van der Waals surface area contributed by atoms with E-state index in [1.807, 2.05) is 0 Å². The Balaban J connectivity index is 2.31. The molecule has 90 valence electrons. The fraction of sp³-hybridized carbons (Fsp3) is 1.00. The van der Waals surface area contributed by atoms with Gasteiger partial charge in [0.1, 0.15) is 0 Å². The third-order valence-electron chi connectivity index (χ3n) is 3.60. The first-order valence-corrected chi connectivity index (χ1v) is 8.92. The second-order valence-corrected chi connectivity index (χ2v) is 11.0. The molecule has 0 bridgehead atoms. The molecular formula is C12H26O2Si. The smallest absolute Gasteiger partial charge is 0.192 e. The largest absolute Gasteiger partial charge is 0.414 e. The van der Waals surface area contributed by atoms with Crippen LogP contribution in [-0.4, -0.2) is 27.1 Å². The van der Waals surface area contributed by atoms with E-state index < -0.39 is 8.32 Å². The van der Waals surface area contributed by atoms with Gasteiger partial charge in [-0.1, -0.05) is 20.8 Å². The lowest BCUT2D eigenvalue weighted by molar-refractivity contribution is 0.182. The van der Waals surface area contributed by atoms with Crippen LogP contribution >= 0.6 is 0 Å². The molecule has 2 atom stereocenters. The summed E-state index contributed by atoms with van der Waals surface area (Å²) in [5.41, 5.74) is 0. The first-order chi connectivity index (χ1) is 6.72. The highest BCUT2D eigenvalue weighted by atomic mass is 28.4. The minimum atomic E-state index is -1.56. The summed E-state index contributed by atoms with van der Waals surface area (Å²) >= 11 is 0. The van der Waals surface area contributed by atoms with Gasteiger partial charge in [-0.3, -0.25) is 0 Å². The van der Waals surface area contributed by atoms with Gasteiger partial charge in [-0.25, -0.2) is 0 Å². The molecule has 0 aromatic heterocycles. The first-order valence-electron chi connectivity index (χ1n) is 6.02. The molecule has 1 saturated heterocycles. The fourth-order valence-electron chi connectivity index (χ4n) is 1.39. The molecule has 1 fully saturated rings. The summed E-state index contributed by atoms with van der Waals surface area (Å²) in [6.07, 6.45) is 3.22. The van der Waals surface area contributed by atoms with Crippen LogP contribution in [0.4, 0.5) is 0 Å². The maximum Gasteiger partial charge on any atom is 0.192 e. The third-order valence-corrected chi connectivity index (χ3v) is 8.20. The monoisotopic (exact) mass is 230 g/mol. The van der Waals surface area contributed by atoms with Crippen molar-refractivity contribution >= 4 is 8.32 Å². The van der Waals surface area contributed by atoms with E-state index in [9.17, 15) is 0 Å². The summed E-state index contributed by atoms with van der Waals surface area (Å²) in [7, 11) is -1.56. The van der Waals surface area contributed by atoms with Crippen LogP contribution in [0.2, 0.25) is 18.1 Å². The average molecular weight is 230 g/mol. The van der Waals surface area contributed by atoms with Crippen LogP contribution in [0.25, 0.3) is 0 Å². The second kappa shape index (κ2) is 4.56. The van der Waals surface area contributed by atoms with Crippen molar-refractivity contribution in [3.63, 3.8) is 0 Å². The molecule has 0 amide bonds. The zero-order valence-corrected chi connectivity index (χ0v) is 12.1. The standard InChI is InChI=1S/C12H26O2Si/c1-10(7-8-11-9-13-11)14-15(5,6)12(2,3)4/h10-11H,7-9H2,1-6H3/t10-,11-/m0/s1. The molecule has 0 unspecified atom stereocenters. The predicted molar refractivity (Wildman–Crippen MR) is 66.7 cm³/mol. The van der Waals surface area contributed by atoms with Gasteiger partial charge in [-0.15, -0.1) is 0 Å². The van der Waals surface area contributed by atoms with Gasteiger partial charge < -0.3 is 9.16 Å². The Labute approximate surface area is 95.5 Å². The summed E-state index contributed by atoms with van der Waals surface area (Å²) in [6, 6.07) is 0. The van der Waals surface area contributed by atoms with Gasteiger partial charge in [-0.2, -0.15) is 0 Å². The number of ether oxygens (including phenoxy) is 1. The summed E-state index contributed by atoms with van der Waals surface area (Å²) < 4.78 is 11.5. The van der Waals surface area contributed by atoms with Crippen LogP contribution in [0, 0.1) is 0 Å². The molecule has 1 heterocycles. The van der Waals surface area contributed by atoms with Gasteiger partial charge in [0.05, 0.1) is 12.7 Å². The number of hydrogen-bond donors (Lipinski definition) is 0. The minimum absolute atomic E-state index is 0.317. The number of rotatable bonds is 5. The van der Waals surface area contributed by atoms with Gasteiger partial charge in [-0.05, 0) is 37.9 Å². The Morgan fingerprint density at radius 1 is 1.40 bits per heavy atom. The van der Waals surface area contributed by atoms with Crippen molar-refractivity contribution in [1.82, 2.24) is 0 Å². The van der Waals surface area contributed by atoms with Gasteiger partial charge >= 0.3 is 0 Å². The van der Waals surface area contributed by atoms with Crippen LogP contribution in [0.1, 0.15) is 40.5 Å². The van der Waals surface area contributed by atoms with E-state index in [2.05, 4.69) is 40.8 Å². The topological polar surface area (TPSA) is 21.8 Å². The Bertz CT molecular complexity index is 204. The van der Waals surface area contributed by atoms with Crippen molar-refractivity contribution in [3.8, 4) is 0 Å². The zero-order chi connectivity index (χ0) is 11.7. The molecule has 15 heavy (non-hydrogen) atoms. The maximum atomic E-state index is 6.26.